The number of likely N-dealkylation sites (tertiary alicyclic amines) is 1. The fourth-order valence-electron chi connectivity index (χ4n) is 2.66. The molecule has 1 saturated heterocycles. The summed E-state index contributed by atoms with van der Waals surface area (Å²) in [6.07, 6.45) is 1.45. The molecule has 2 aromatic rings. The van der Waals surface area contributed by atoms with Crippen LogP contribution in [0.5, 0.6) is 0 Å². The van der Waals surface area contributed by atoms with Crippen molar-refractivity contribution in [2.75, 3.05) is 25.0 Å². The quantitative estimate of drug-likeness (QED) is 0.892. The first kappa shape index (κ1) is 14.9. The average Bonchev–Trinajstić information content (AvgIpc) is 2.89. The van der Waals surface area contributed by atoms with Crippen LogP contribution in [0.1, 0.15) is 12.8 Å². The Balaban J connectivity index is 1.53. The maximum atomic E-state index is 12.1. The maximum absolute atomic E-state index is 12.1. The number of rotatable bonds is 4. The highest BCUT2D eigenvalue weighted by molar-refractivity contribution is 7.22. The summed E-state index contributed by atoms with van der Waals surface area (Å²) in [5.74, 6) is -0.362. The molecule has 0 bridgehead atoms. The largest absolute Gasteiger partial charge is 0.369 e. The van der Waals surface area contributed by atoms with Crippen LogP contribution < -0.4 is 11.1 Å². The van der Waals surface area contributed by atoms with Crippen molar-refractivity contribution in [1.82, 2.24) is 9.88 Å². The first-order chi connectivity index (χ1) is 10.6. The summed E-state index contributed by atoms with van der Waals surface area (Å²) in [5, 5.41) is 3.47. The molecule has 0 unspecified atom stereocenters. The highest BCUT2D eigenvalue weighted by Crippen LogP contribution is 2.25. The van der Waals surface area contributed by atoms with E-state index in [1.807, 2.05) is 29.2 Å². The number of thiazole rings is 1. The Morgan fingerprint density at radius 3 is 2.73 bits per heavy atom. The van der Waals surface area contributed by atoms with Crippen LogP contribution in [0.3, 0.4) is 0 Å². The van der Waals surface area contributed by atoms with Crippen molar-refractivity contribution in [3.8, 4) is 0 Å². The zero-order valence-electron chi connectivity index (χ0n) is 12.1. The van der Waals surface area contributed by atoms with E-state index in [2.05, 4.69) is 10.3 Å². The van der Waals surface area contributed by atoms with Crippen LogP contribution in [0.4, 0.5) is 5.13 Å². The second kappa shape index (κ2) is 6.41. The number of nitrogens with zero attached hydrogens (tertiary/aromatic N) is 2. The number of benzene rings is 1. The van der Waals surface area contributed by atoms with Gasteiger partial charge in [0.25, 0.3) is 0 Å². The van der Waals surface area contributed by atoms with Crippen molar-refractivity contribution in [2.24, 2.45) is 11.7 Å². The lowest BCUT2D eigenvalue weighted by atomic mass is 9.96. The zero-order valence-corrected chi connectivity index (χ0v) is 12.9. The molecule has 1 aliphatic heterocycles. The predicted octanol–water partition coefficient (Wildman–Crippen LogP) is 1.43. The predicted molar refractivity (Wildman–Crippen MR) is 86.6 cm³/mol. The van der Waals surface area contributed by atoms with E-state index in [0.29, 0.717) is 11.7 Å². The van der Waals surface area contributed by atoms with Crippen molar-refractivity contribution < 1.29 is 9.59 Å². The summed E-state index contributed by atoms with van der Waals surface area (Å²) in [5.41, 5.74) is 6.20. The van der Waals surface area contributed by atoms with Crippen molar-refractivity contribution in [2.45, 2.75) is 12.8 Å². The lowest BCUT2D eigenvalue weighted by Crippen LogP contribution is -2.42. The van der Waals surface area contributed by atoms with E-state index in [-0.39, 0.29) is 17.7 Å². The standard InChI is InChI=1S/C15H18N4O2S/c16-14(21)10-5-7-19(8-6-10)9-13(20)18-15-17-11-3-1-2-4-12(11)22-15/h1-4,10H,5-9H2,(H2,16,21)(H,17,18,20). The van der Waals surface area contributed by atoms with E-state index < -0.39 is 0 Å². The van der Waals surface area contributed by atoms with Gasteiger partial charge in [0.05, 0.1) is 16.8 Å². The number of nitrogens with one attached hydrogen (secondary N) is 1. The second-order valence-corrected chi connectivity index (χ2v) is 6.52. The molecule has 2 heterocycles. The number of hydrogen-bond acceptors (Lipinski definition) is 5. The van der Waals surface area contributed by atoms with E-state index in [1.54, 1.807) is 0 Å². The lowest BCUT2D eigenvalue weighted by molar-refractivity contribution is -0.123. The molecule has 1 fully saturated rings. The number of fused-ring (bicyclic) bond motifs is 1. The lowest BCUT2D eigenvalue weighted by Gasteiger charge is -2.29. The highest BCUT2D eigenvalue weighted by atomic mass is 32.1. The maximum Gasteiger partial charge on any atom is 0.240 e. The molecule has 0 aliphatic carbocycles. The van der Waals surface area contributed by atoms with Gasteiger partial charge in [-0.1, -0.05) is 23.5 Å². The van der Waals surface area contributed by atoms with Gasteiger partial charge in [0.2, 0.25) is 11.8 Å². The third-order valence-electron chi connectivity index (χ3n) is 3.90. The summed E-state index contributed by atoms with van der Waals surface area (Å²) in [6.45, 7) is 1.77. The first-order valence-corrected chi connectivity index (χ1v) is 8.10. The summed E-state index contributed by atoms with van der Waals surface area (Å²) < 4.78 is 1.06. The molecule has 1 aliphatic rings. The Hall–Kier alpha value is -1.99. The van der Waals surface area contributed by atoms with Gasteiger partial charge in [-0.25, -0.2) is 4.98 Å². The monoisotopic (exact) mass is 318 g/mol. The molecule has 0 radical (unpaired) electrons. The van der Waals surface area contributed by atoms with Gasteiger partial charge in [-0.3, -0.25) is 14.5 Å². The van der Waals surface area contributed by atoms with Gasteiger partial charge >= 0.3 is 0 Å². The number of hydrogen-bond donors (Lipinski definition) is 2. The molecule has 1 aromatic heterocycles. The van der Waals surface area contributed by atoms with Crippen LogP contribution in [0.25, 0.3) is 10.2 Å². The minimum Gasteiger partial charge on any atom is -0.369 e. The molecule has 7 heteroatoms. The molecule has 0 spiro atoms. The minimum atomic E-state index is -0.237. The number of aromatic nitrogens is 1. The van der Waals surface area contributed by atoms with E-state index in [1.165, 1.54) is 11.3 Å². The molecule has 0 atom stereocenters. The Labute approximate surface area is 132 Å². The van der Waals surface area contributed by atoms with Crippen LogP contribution in [0.2, 0.25) is 0 Å². The molecular formula is C15H18N4O2S. The van der Waals surface area contributed by atoms with Crippen LogP contribution in [0.15, 0.2) is 24.3 Å². The van der Waals surface area contributed by atoms with Gasteiger partial charge in [-0.15, -0.1) is 0 Å². The fourth-order valence-corrected chi connectivity index (χ4v) is 3.55. The van der Waals surface area contributed by atoms with E-state index in [4.69, 9.17) is 5.73 Å². The van der Waals surface area contributed by atoms with Gasteiger partial charge in [-0.2, -0.15) is 0 Å². The summed E-state index contributed by atoms with van der Waals surface area (Å²) >= 11 is 1.47. The third kappa shape index (κ3) is 3.42. The fraction of sp³-hybridized carbons (Fsp3) is 0.400. The number of amides is 2. The molecule has 3 N–H and O–H groups in total. The topological polar surface area (TPSA) is 88.3 Å². The molecule has 2 amide bonds. The van der Waals surface area contributed by atoms with Gasteiger partial charge in [0.15, 0.2) is 5.13 Å². The molecular weight excluding hydrogens is 300 g/mol. The second-order valence-electron chi connectivity index (χ2n) is 5.49. The number of anilines is 1. The smallest absolute Gasteiger partial charge is 0.240 e. The zero-order chi connectivity index (χ0) is 15.5. The van der Waals surface area contributed by atoms with Gasteiger partial charge in [0, 0.05) is 5.92 Å². The highest BCUT2D eigenvalue weighted by Gasteiger charge is 2.24. The SMILES string of the molecule is NC(=O)C1CCN(CC(=O)Nc2nc3ccccc3s2)CC1. The molecule has 22 heavy (non-hydrogen) atoms. The summed E-state index contributed by atoms with van der Waals surface area (Å²) in [6, 6.07) is 7.79. The Bertz CT molecular complexity index is 659. The van der Waals surface area contributed by atoms with Crippen LogP contribution in [-0.2, 0) is 9.59 Å². The molecule has 6 nitrogen and oxygen atoms in total. The normalized spacial score (nSPS) is 16.7. The number of piperidine rings is 1. The number of para-hydroxylation sites is 1. The number of nitrogens with two attached hydrogens (primary N) is 1. The summed E-state index contributed by atoms with van der Waals surface area (Å²) in [7, 11) is 0. The Morgan fingerprint density at radius 1 is 1.32 bits per heavy atom. The number of carbonyl (C=O) groups excluding carboxylic acids is 2. The minimum absolute atomic E-state index is 0.0522. The number of primary amides is 1. The van der Waals surface area contributed by atoms with Crippen LogP contribution in [-0.4, -0.2) is 41.3 Å². The van der Waals surface area contributed by atoms with Crippen molar-refractivity contribution in [3.05, 3.63) is 24.3 Å². The average molecular weight is 318 g/mol. The van der Waals surface area contributed by atoms with Crippen molar-refractivity contribution >= 4 is 38.5 Å². The van der Waals surface area contributed by atoms with E-state index in [9.17, 15) is 9.59 Å². The third-order valence-corrected chi connectivity index (χ3v) is 4.85. The van der Waals surface area contributed by atoms with Gasteiger partial charge < -0.3 is 11.1 Å². The Morgan fingerprint density at radius 2 is 2.05 bits per heavy atom. The van der Waals surface area contributed by atoms with E-state index in [0.717, 1.165) is 36.1 Å². The first-order valence-electron chi connectivity index (χ1n) is 7.29. The van der Waals surface area contributed by atoms with E-state index >= 15 is 0 Å². The van der Waals surface area contributed by atoms with Crippen LogP contribution in [0, 0.1) is 5.92 Å². The Kier molecular flexibility index (Phi) is 4.35. The van der Waals surface area contributed by atoms with Crippen molar-refractivity contribution in [1.29, 1.82) is 0 Å². The number of carbonyl (C=O) groups is 2. The summed E-state index contributed by atoms with van der Waals surface area (Å²) in [4.78, 5) is 29.7. The molecule has 1 aromatic carbocycles. The molecule has 116 valence electrons. The van der Waals surface area contributed by atoms with Gasteiger partial charge in [0.1, 0.15) is 0 Å². The molecule has 3 rings (SSSR count). The van der Waals surface area contributed by atoms with Crippen molar-refractivity contribution in [3.63, 3.8) is 0 Å². The van der Waals surface area contributed by atoms with Crippen LogP contribution >= 0.6 is 11.3 Å². The van der Waals surface area contributed by atoms with Gasteiger partial charge in [-0.05, 0) is 38.1 Å². The molecule has 0 saturated carbocycles.